The van der Waals surface area contributed by atoms with Gasteiger partial charge in [0, 0.05) is 0 Å². The smallest absolute Gasteiger partial charge is 0.410 e. The number of rotatable bonds is 3. The fourth-order valence-electron chi connectivity index (χ4n) is 1.55. The van der Waals surface area contributed by atoms with E-state index in [-0.39, 0.29) is 0 Å². The van der Waals surface area contributed by atoms with Crippen molar-refractivity contribution in [1.82, 2.24) is 5.32 Å². The molecule has 2 N–H and O–H groups in total. The van der Waals surface area contributed by atoms with Gasteiger partial charge in [0.1, 0.15) is 12.5 Å². The van der Waals surface area contributed by atoms with Crippen molar-refractivity contribution in [2.24, 2.45) is 0 Å². The highest BCUT2D eigenvalue weighted by Crippen LogP contribution is 2.21. The van der Waals surface area contributed by atoms with Gasteiger partial charge in [-0.3, -0.25) is 5.32 Å². The summed E-state index contributed by atoms with van der Waals surface area (Å²) in [5.74, 6) is 0.431. The van der Waals surface area contributed by atoms with Crippen LogP contribution in [0.25, 0.3) is 11.1 Å². The standard InChI is InChI=1S/C14H13NO3/c16-10-15-14(17)18-13-8-6-12(7-9-13)11-4-2-1-3-5-11/h1-9,16H,10H2,(H,15,17). The molecule has 0 radical (unpaired) electrons. The van der Waals surface area contributed by atoms with E-state index in [1.54, 1.807) is 12.1 Å². The molecule has 0 aliphatic heterocycles. The first-order valence-electron chi connectivity index (χ1n) is 5.51. The Labute approximate surface area is 105 Å². The summed E-state index contributed by atoms with van der Waals surface area (Å²) < 4.78 is 4.94. The van der Waals surface area contributed by atoms with Crippen LogP contribution >= 0.6 is 0 Å². The van der Waals surface area contributed by atoms with E-state index in [4.69, 9.17) is 9.84 Å². The lowest BCUT2D eigenvalue weighted by Crippen LogP contribution is -2.27. The van der Waals surface area contributed by atoms with Gasteiger partial charge in [0.2, 0.25) is 0 Å². The fraction of sp³-hybridized carbons (Fsp3) is 0.0714. The van der Waals surface area contributed by atoms with Gasteiger partial charge in [-0.25, -0.2) is 4.79 Å². The van der Waals surface area contributed by atoms with Crippen molar-refractivity contribution in [2.45, 2.75) is 0 Å². The van der Waals surface area contributed by atoms with Crippen molar-refractivity contribution in [3.63, 3.8) is 0 Å². The Morgan fingerprint density at radius 2 is 1.61 bits per heavy atom. The number of carbonyl (C=O) groups excluding carboxylic acids is 1. The van der Waals surface area contributed by atoms with Gasteiger partial charge in [0.15, 0.2) is 0 Å². The van der Waals surface area contributed by atoms with Gasteiger partial charge in [0.05, 0.1) is 0 Å². The van der Waals surface area contributed by atoms with Crippen LogP contribution in [-0.4, -0.2) is 17.9 Å². The number of hydrogen-bond donors (Lipinski definition) is 2. The molecule has 0 spiro atoms. The maximum atomic E-state index is 11.1. The molecule has 2 rings (SSSR count). The third-order valence-electron chi connectivity index (χ3n) is 2.40. The first-order chi connectivity index (χ1) is 8.79. The maximum absolute atomic E-state index is 11.1. The van der Waals surface area contributed by atoms with Gasteiger partial charge in [-0.15, -0.1) is 0 Å². The number of aliphatic hydroxyl groups is 1. The van der Waals surface area contributed by atoms with Crippen LogP contribution in [0.3, 0.4) is 0 Å². The molecule has 0 bridgehead atoms. The van der Waals surface area contributed by atoms with E-state index in [2.05, 4.69) is 5.32 Å². The van der Waals surface area contributed by atoms with Crippen molar-refractivity contribution in [2.75, 3.05) is 6.73 Å². The quantitative estimate of drug-likeness (QED) is 0.814. The molecule has 4 heteroatoms. The summed E-state index contributed by atoms with van der Waals surface area (Å²) in [4.78, 5) is 11.1. The van der Waals surface area contributed by atoms with Gasteiger partial charge in [-0.05, 0) is 23.3 Å². The van der Waals surface area contributed by atoms with Crippen LogP contribution in [0.15, 0.2) is 54.6 Å². The Balaban J connectivity index is 2.09. The normalized spacial score (nSPS) is 9.83. The summed E-state index contributed by atoms with van der Waals surface area (Å²) in [6.45, 7) is -0.444. The molecule has 0 saturated heterocycles. The second-order valence-corrected chi connectivity index (χ2v) is 3.61. The average molecular weight is 243 g/mol. The number of ether oxygens (including phenoxy) is 1. The number of hydrogen-bond acceptors (Lipinski definition) is 3. The largest absolute Gasteiger partial charge is 0.414 e. The lowest BCUT2D eigenvalue weighted by Gasteiger charge is -2.05. The molecule has 0 heterocycles. The minimum Gasteiger partial charge on any atom is -0.410 e. The zero-order valence-corrected chi connectivity index (χ0v) is 9.67. The van der Waals surface area contributed by atoms with Crippen LogP contribution in [0.2, 0.25) is 0 Å². The van der Waals surface area contributed by atoms with E-state index in [0.717, 1.165) is 11.1 Å². The fourth-order valence-corrected chi connectivity index (χ4v) is 1.55. The number of aliphatic hydroxyl groups excluding tert-OH is 1. The summed E-state index contributed by atoms with van der Waals surface area (Å²) >= 11 is 0. The molecule has 4 nitrogen and oxygen atoms in total. The SMILES string of the molecule is O=C(NCO)Oc1ccc(-c2ccccc2)cc1. The molecule has 1 amide bonds. The first-order valence-corrected chi connectivity index (χ1v) is 5.51. The number of amides is 1. The Bertz CT molecular complexity index is 508. The van der Waals surface area contributed by atoms with Crippen LogP contribution in [0.1, 0.15) is 0 Å². The average Bonchev–Trinajstić information content (AvgIpc) is 2.41. The van der Waals surface area contributed by atoms with Crippen LogP contribution in [0.5, 0.6) is 5.75 Å². The Hall–Kier alpha value is -2.33. The summed E-state index contributed by atoms with van der Waals surface area (Å²) in [7, 11) is 0. The van der Waals surface area contributed by atoms with E-state index < -0.39 is 12.8 Å². The Morgan fingerprint density at radius 3 is 2.22 bits per heavy atom. The first kappa shape index (κ1) is 12.1. The molecule has 92 valence electrons. The van der Waals surface area contributed by atoms with Crippen molar-refractivity contribution in [1.29, 1.82) is 0 Å². The van der Waals surface area contributed by atoms with Crippen LogP contribution in [0.4, 0.5) is 4.79 Å². The zero-order chi connectivity index (χ0) is 12.8. The highest BCUT2D eigenvalue weighted by molar-refractivity contribution is 5.71. The van der Waals surface area contributed by atoms with Gasteiger partial charge in [-0.1, -0.05) is 42.5 Å². The molecule has 0 aliphatic rings. The van der Waals surface area contributed by atoms with E-state index in [1.165, 1.54) is 0 Å². The molecule has 2 aromatic rings. The lowest BCUT2D eigenvalue weighted by atomic mass is 10.1. The van der Waals surface area contributed by atoms with Crippen molar-refractivity contribution in [3.8, 4) is 16.9 Å². The molecule has 18 heavy (non-hydrogen) atoms. The third kappa shape index (κ3) is 3.09. The lowest BCUT2D eigenvalue weighted by molar-refractivity contribution is 0.181. The second kappa shape index (κ2) is 5.84. The van der Waals surface area contributed by atoms with Crippen LogP contribution in [-0.2, 0) is 0 Å². The van der Waals surface area contributed by atoms with Crippen molar-refractivity contribution < 1.29 is 14.6 Å². The number of benzene rings is 2. The molecule has 0 unspecified atom stereocenters. The number of carbonyl (C=O) groups is 1. The van der Waals surface area contributed by atoms with Gasteiger partial charge < -0.3 is 9.84 Å². The molecule has 0 atom stereocenters. The molecular weight excluding hydrogens is 230 g/mol. The summed E-state index contributed by atoms with van der Waals surface area (Å²) in [5.41, 5.74) is 2.15. The molecule has 0 aromatic heterocycles. The van der Waals surface area contributed by atoms with Crippen LogP contribution in [0, 0.1) is 0 Å². The monoisotopic (exact) mass is 243 g/mol. The van der Waals surface area contributed by atoms with E-state index in [9.17, 15) is 4.79 Å². The zero-order valence-electron chi connectivity index (χ0n) is 9.67. The van der Waals surface area contributed by atoms with Crippen LogP contribution < -0.4 is 10.1 Å². The van der Waals surface area contributed by atoms with E-state index in [0.29, 0.717) is 5.75 Å². The van der Waals surface area contributed by atoms with Gasteiger partial charge in [-0.2, -0.15) is 0 Å². The Kier molecular flexibility index (Phi) is 3.94. The highest BCUT2D eigenvalue weighted by atomic mass is 16.6. The predicted octanol–water partition coefficient (Wildman–Crippen LogP) is 2.39. The summed E-state index contributed by atoms with van der Waals surface area (Å²) in [6, 6.07) is 17.1. The van der Waals surface area contributed by atoms with E-state index >= 15 is 0 Å². The van der Waals surface area contributed by atoms with Crippen molar-refractivity contribution in [3.05, 3.63) is 54.6 Å². The van der Waals surface area contributed by atoms with E-state index in [1.807, 2.05) is 42.5 Å². The molecule has 0 saturated carbocycles. The van der Waals surface area contributed by atoms with Crippen molar-refractivity contribution >= 4 is 6.09 Å². The molecule has 0 fully saturated rings. The molecule has 2 aromatic carbocycles. The third-order valence-corrected chi connectivity index (χ3v) is 2.40. The second-order valence-electron chi connectivity index (χ2n) is 3.61. The number of nitrogens with one attached hydrogen (secondary N) is 1. The topological polar surface area (TPSA) is 58.6 Å². The van der Waals surface area contributed by atoms with Gasteiger partial charge in [0.25, 0.3) is 0 Å². The summed E-state index contributed by atoms with van der Waals surface area (Å²) in [5, 5.41) is 10.6. The minimum atomic E-state index is -0.676. The van der Waals surface area contributed by atoms with Gasteiger partial charge >= 0.3 is 6.09 Å². The molecular formula is C14H13NO3. The maximum Gasteiger partial charge on any atom is 0.414 e. The molecule has 0 aliphatic carbocycles. The summed E-state index contributed by atoms with van der Waals surface area (Å²) in [6.07, 6.45) is -0.676. The minimum absolute atomic E-state index is 0.431. The predicted molar refractivity (Wildman–Crippen MR) is 68.1 cm³/mol. The Morgan fingerprint density at radius 1 is 1.00 bits per heavy atom. The highest BCUT2D eigenvalue weighted by Gasteiger charge is 2.03.